The van der Waals surface area contributed by atoms with Crippen molar-refractivity contribution in [1.82, 2.24) is 9.97 Å². The van der Waals surface area contributed by atoms with Gasteiger partial charge in [0, 0.05) is 13.1 Å². The van der Waals surface area contributed by atoms with E-state index >= 15 is 0 Å². The van der Waals surface area contributed by atoms with Crippen molar-refractivity contribution in [3.63, 3.8) is 0 Å². The third-order valence-electron chi connectivity index (χ3n) is 1.68. The molecule has 0 saturated carbocycles. The zero-order valence-electron chi connectivity index (χ0n) is 8.63. The number of halogens is 1. The summed E-state index contributed by atoms with van der Waals surface area (Å²) < 4.78 is 13.1. The molecule has 0 unspecified atom stereocenters. The molecular formula is C9H15FN4O. The summed E-state index contributed by atoms with van der Waals surface area (Å²) in [4.78, 5) is 7.71. The quantitative estimate of drug-likeness (QED) is 0.654. The van der Waals surface area contributed by atoms with Crippen LogP contribution in [0.15, 0.2) is 6.20 Å². The lowest BCUT2D eigenvalue weighted by atomic mass is 10.5. The molecule has 0 atom stereocenters. The molecule has 1 rings (SSSR count). The van der Waals surface area contributed by atoms with Gasteiger partial charge in [-0.2, -0.15) is 4.98 Å². The second-order valence-electron chi connectivity index (χ2n) is 2.97. The van der Waals surface area contributed by atoms with Gasteiger partial charge < -0.3 is 15.7 Å². The lowest BCUT2D eigenvalue weighted by Gasteiger charge is -2.07. The standard InChI is InChI=1S/C9H15FN4O/c1-2-3-12-9-13-6-7(10)8(14-9)11-4-5-15/h6,15H,2-5H2,1H3,(H2,11,12,13,14). The van der Waals surface area contributed by atoms with E-state index in [1.165, 1.54) is 0 Å². The summed E-state index contributed by atoms with van der Waals surface area (Å²) in [6.07, 6.45) is 2.05. The monoisotopic (exact) mass is 214 g/mol. The van der Waals surface area contributed by atoms with E-state index in [0.717, 1.165) is 19.2 Å². The third kappa shape index (κ3) is 3.67. The molecule has 1 aromatic rings. The van der Waals surface area contributed by atoms with Gasteiger partial charge in [0.1, 0.15) is 0 Å². The Bertz CT molecular complexity index is 308. The summed E-state index contributed by atoms with van der Waals surface area (Å²) in [5.41, 5.74) is 0. The molecule has 0 fully saturated rings. The summed E-state index contributed by atoms with van der Waals surface area (Å²) in [6, 6.07) is 0. The molecule has 0 saturated heterocycles. The molecule has 0 radical (unpaired) electrons. The van der Waals surface area contributed by atoms with E-state index in [-0.39, 0.29) is 19.0 Å². The van der Waals surface area contributed by atoms with Crippen molar-refractivity contribution < 1.29 is 9.50 Å². The second kappa shape index (κ2) is 6.13. The fourth-order valence-corrected chi connectivity index (χ4v) is 0.987. The minimum atomic E-state index is -0.523. The first kappa shape index (κ1) is 11.6. The molecule has 0 aliphatic rings. The fraction of sp³-hybridized carbons (Fsp3) is 0.556. The first-order valence-electron chi connectivity index (χ1n) is 4.89. The molecular weight excluding hydrogens is 199 g/mol. The molecule has 0 bridgehead atoms. The summed E-state index contributed by atoms with van der Waals surface area (Å²) in [5, 5.41) is 14.2. The molecule has 0 aliphatic heterocycles. The SMILES string of the molecule is CCCNc1ncc(F)c(NCCO)n1. The minimum absolute atomic E-state index is 0.0683. The highest BCUT2D eigenvalue weighted by atomic mass is 19.1. The Morgan fingerprint density at radius 2 is 2.20 bits per heavy atom. The van der Waals surface area contributed by atoms with Crippen molar-refractivity contribution in [1.29, 1.82) is 0 Å². The maximum absolute atomic E-state index is 13.1. The first-order chi connectivity index (χ1) is 7.27. The van der Waals surface area contributed by atoms with Crippen LogP contribution in [0.1, 0.15) is 13.3 Å². The second-order valence-corrected chi connectivity index (χ2v) is 2.97. The number of nitrogens with zero attached hydrogens (tertiary/aromatic N) is 2. The van der Waals surface area contributed by atoms with E-state index < -0.39 is 5.82 Å². The lowest BCUT2D eigenvalue weighted by Crippen LogP contribution is -2.11. The van der Waals surface area contributed by atoms with Crippen LogP contribution in [0.5, 0.6) is 0 Å². The molecule has 15 heavy (non-hydrogen) atoms. The van der Waals surface area contributed by atoms with Crippen LogP contribution in [0.2, 0.25) is 0 Å². The normalized spacial score (nSPS) is 10.1. The van der Waals surface area contributed by atoms with Crippen LogP contribution < -0.4 is 10.6 Å². The molecule has 5 nitrogen and oxygen atoms in total. The van der Waals surface area contributed by atoms with Gasteiger partial charge in [0.25, 0.3) is 0 Å². The summed E-state index contributed by atoms with van der Waals surface area (Å²) in [7, 11) is 0. The molecule has 6 heteroatoms. The Hall–Kier alpha value is -1.43. The number of anilines is 2. The number of hydrogen-bond acceptors (Lipinski definition) is 5. The average molecular weight is 214 g/mol. The zero-order chi connectivity index (χ0) is 11.1. The van der Waals surface area contributed by atoms with E-state index in [0.29, 0.717) is 5.95 Å². The molecule has 0 aliphatic carbocycles. The molecule has 1 aromatic heterocycles. The van der Waals surface area contributed by atoms with E-state index in [4.69, 9.17) is 5.11 Å². The number of aliphatic hydroxyl groups excluding tert-OH is 1. The van der Waals surface area contributed by atoms with Crippen molar-refractivity contribution >= 4 is 11.8 Å². The van der Waals surface area contributed by atoms with Crippen molar-refractivity contribution in [3.8, 4) is 0 Å². The van der Waals surface area contributed by atoms with Crippen LogP contribution in [0, 0.1) is 5.82 Å². The maximum Gasteiger partial charge on any atom is 0.224 e. The van der Waals surface area contributed by atoms with Crippen LogP contribution in [0.25, 0.3) is 0 Å². The number of aliphatic hydroxyl groups is 1. The van der Waals surface area contributed by atoms with Gasteiger partial charge in [0.15, 0.2) is 11.6 Å². The summed E-state index contributed by atoms with van der Waals surface area (Å²) in [5.74, 6) is -0.0261. The van der Waals surface area contributed by atoms with Gasteiger partial charge in [-0.1, -0.05) is 6.92 Å². The summed E-state index contributed by atoms with van der Waals surface area (Å²) in [6.45, 7) is 2.95. The topological polar surface area (TPSA) is 70.1 Å². The Kier molecular flexibility index (Phi) is 4.76. The van der Waals surface area contributed by atoms with Gasteiger partial charge in [-0.05, 0) is 6.42 Å². The number of hydrogen-bond donors (Lipinski definition) is 3. The molecule has 84 valence electrons. The van der Waals surface area contributed by atoms with Crippen molar-refractivity contribution in [2.45, 2.75) is 13.3 Å². The predicted octanol–water partition coefficient (Wildman–Crippen LogP) is 0.842. The largest absolute Gasteiger partial charge is 0.395 e. The highest BCUT2D eigenvalue weighted by Crippen LogP contribution is 2.11. The van der Waals surface area contributed by atoms with E-state index in [1.54, 1.807) is 0 Å². The molecule has 0 aromatic carbocycles. The zero-order valence-corrected chi connectivity index (χ0v) is 8.63. The van der Waals surface area contributed by atoms with Gasteiger partial charge in [-0.25, -0.2) is 9.37 Å². The molecule has 0 spiro atoms. The predicted molar refractivity (Wildman–Crippen MR) is 56.3 cm³/mol. The Morgan fingerprint density at radius 1 is 1.40 bits per heavy atom. The van der Waals surface area contributed by atoms with E-state index in [2.05, 4.69) is 20.6 Å². The Balaban J connectivity index is 2.66. The van der Waals surface area contributed by atoms with E-state index in [1.807, 2.05) is 6.92 Å². The first-order valence-corrected chi connectivity index (χ1v) is 4.89. The van der Waals surface area contributed by atoms with Crippen LogP contribution in [-0.4, -0.2) is 34.8 Å². The highest BCUT2D eigenvalue weighted by molar-refractivity contribution is 5.40. The lowest BCUT2D eigenvalue weighted by molar-refractivity contribution is 0.310. The van der Waals surface area contributed by atoms with E-state index in [9.17, 15) is 4.39 Å². The fourth-order valence-electron chi connectivity index (χ4n) is 0.987. The molecule has 3 N–H and O–H groups in total. The maximum atomic E-state index is 13.1. The average Bonchev–Trinajstić information content (AvgIpc) is 2.26. The third-order valence-corrected chi connectivity index (χ3v) is 1.68. The van der Waals surface area contributed by atoms with Gasteiger partial charge in [-0.3, -0.25) is 0 Å². The van der Waals surface area contributed by atoms with Crippen molar-refractivity contribution in [2.24, 2.45) is 0 Å². The number of nitrogens with one attached hydrogen (secondary N) is 2. The molecule has 0 amide bonds. The van der Waals surface area contributed by atoms with Gasteiger partial charge in [0.05, 0.1) is 12.8 Å². The number of aromatic nitrogens is 2. The van der Waals surface area contributed by atoms with Gasteiger partial charge in [-0.15, -0.1) is 0 Å². The van der Waals surface area contributed by atoms with Crippen molar-refractivity contribution in [2.75, 3.05) is 30.3 Å². The van der Waals surface area contributed by atoms with Gasteiger partial charge >= 0.3 is 0 Å². The smallest absolute Gasteiger partial charge is 0.224 e. The van der Waals surface area contributed by atoms with Gasteiger partial charge in [0.2, 0.25) is 5.95 Å². The van der Waals surface area contributed by atoms with Crippen LogP contribution in [0.3, 0.4) is 0 Å². The summed E-state index contributed by atoms with van der Waals surface area (Å²) >= 11 is 0. The molecule has 1 heterocycles. The Labute approximate surface area is 87.8 Å². The van der Waals surface area contributed by atoms with Crippen LogP contribution >= 0.6 is 0 Å². The number of rotatable bonds is 6. The highest BCUT2D eigenvalue weighted by Gasteiger charge is 2.05. The Morgan fingerprint density at radius 3 is 2.87 bits per heavy atom. The van der Waals surface area contributed by atoms with Crippen molar-refractivity contribution in [3.05, 3.63) is 12.0 Å². The van der Waals surface area contributed by atoms with Crippen LogP contribution in [0.4, 0.5) is 16.2 Å². The van der Waals surface area contributed by atoms with Crippen LogP contribution in [-0.2, 0) is 0 Å². The minimum Gasteiger partial charge on any atom is -0.395 e.